The summed E-state index contributed by atoms with van der Waals surface area (Å²) in [4.78, 5) is 19.2. The number of nitrogens with zero attached hydrogens (tertiary/aromatic N) is 1. The van der Waals surface area contributed by atoms with Crippen LogP contribution in [0.25, 0.3) is 0 Å². The zero-order chi connectivity index (χ0) is 28.0. The first-order valence-electron chi connectivity index (χ1n) is 13.5. The van der Waals surface area contributed by atoms with Crippen LogP contribution in [-0.2, 0) is 16.0 Å². The van der Waals surface area contributed by atoms with Crippen LogP contribution in [0.2, 0.25) is 0 Å². The van der Waals surface area contributed by atoms with E-state index in [1.807, 2.05) is 72.8 Å². The number of ether oxygens (including phenoxy) is 3. The number of aliphatic hydroxyl groups is 1. The van der Waals surface area contributed by atoms with Gasteiger partial charge in [-0.1, -0.05) is 46.3 Å². The van der Waals surface area contributed by atoms with Gasteiger partial charge in [-0.25, -0.2) is 10.4 Å². The van der Waals surface area contributed by atoms with Gasteiger partial charge in [0.2, 0.25) is 5.90 Å². The van der Waals surface area contributed by atoms with Gasteiger partial charge in [-0.2, -0.15) is 0 Å². The van der Waals surface area contributed by atoms with Crippen molar-refractivity contribution >= 4 is 27.7 Å². The molecule has 5 rings (SSSR count). The predicted molar refractivity (Wildman–Crippen MR) is 156 cm³/mol. The summed E-state index contributed by atoms with van der Waals surface area (Å²) in [6.45, 7) is 1.22. The minimum atomic E-state index is -1.31. The van der Waals surface area contributed by atoms with E-state index in [0.29, 0.717) is 42.8 Å². The van der Waals surface area contributed by atoms with Crippen LogP contribution in [0, 0.1) is 5.92 Å². The van der Waals surface area contributed by atoms with Crippen molar-refractivity contribution in [3.63, 3.8) is 0 Å². The summed E-state index contributed by atoms with van der Waals surface area (Å²) in [5.74, 6) is 2.04. The van der Waals surface area contributed by atoms with Crippen molar-refractivity contribution in [3.8, 4) is 11.5 Å². The van der Waals surface area contributed by atoms with E-state index in [0.717, 1.165) is 27.7 Å². The lowest BCUT2D eigenvalue weighted by atomic mass is 9.82. The van der Waals surface area contributed by atoms with Crippen LogP contribution in [0.4, 0.5) is 0 Å². The lowest BCUT2D eigenvalue weighted by molar-refractivity contribution is -0.130. The molecule has 1 amide bonds. The van der Waals surface area contributed by atoms with E-state index in [9.17, 15) is 4.79 Å². The highest BCUT2D eigenvalue weighted by molar-refractivity contribution is 9.10. The molecule has 3 N–H and O–H groups in total. The average Bonchev–Trinajstić information content (AvgIpc) is 3.73. The number of hydrazine groups is 1. The van der Waals surface area contributed by atoms with Gasteiger partial charge in [0.1, 0.15) is 11.5 Å². The fourth-order valence-corrected chi connectivity index (χ4v) is 5.15. The molecule has 1 fully saturated rings. The van der Waals surface area contributed by atoms with Crippen LogP contribution >= 0.6 is 15.9 Å². The van der Waals surface area contributed by atoms with E-state index in [2.05, 4.69) is 26.8 Å². The lowest BCUT2D eigenvalue weighted by Crippen LogP contribution is -2.54. The van der Waals surface area contributed by atoms with Crippen LogP contribution in [0.3, 0.4) is 0 Å². The summed E-state index contributed by atoms with van der Waals surface area (Å²) in [6.07, 6.45) is 2.48. The maximum atomic E-state index is 14.2. The Balaban J connectivity index is 1.54. The Kier molecular flexibility index (Phi) is 9.04. The van der Waals surface area contributed by atoms with Crippen molar-refractivity contribution in [3.05, 3.63) is 94.0 Å². The van der Waals surface area contributed by atoms with Gasteiger partial charge >= 0.3 is 0 Å². The summed E-state index contributed by atoms with van der Waals surface area (Å²) in [5.41, 5.74) is 7.23. The fourth-order valence-electron chi connectivity index (χ4n) is 4.72. The molecule has 2 aliphatic rings. The molecule has 210 valence electrons. The number of amides is 1. The first kappa shape index (κ1) is 28.1. The zero-order valence-corrected chi connectivity index (χ0v) is 24.0. The first-order chi connectivity index (χ1) is 19.5. The fraction of sp³-hybridized carbons (Fsp3) is 0.355. The molecule has 3 aromatic carbocycles. The zero-order valence-electron chi connectivity index (χ0n) is 22.4. The Hall–Kier alpha value is -3.40. The highest BCUT2D eigenvalue weighted by Crippen LogP contribution is 2.44. The molecule has 1 heterocycles. The van der Waals surface area contributed by atoms with E-state index in [-0.39, 0.29) is 12.5 Å². The molecule has 1 aliphatic heterocycles. The van der Waals surface area contributed by atoms with Crippen LogP contribution < -0.4 is 20.3 Å². The number of hydrogen-bond acceptors (Lipinski definition) is 7. The van der Waals surface area contributed by atoms with Crippen molar-refractivity contribution in [2.24, 2.45) is 10.9 Å². The van der Waals surface area contributed by atoms with E-state index in [4.69, 9.17) is 24.3 Å². The quantitative estimate of drug-likeness (QED) is 0.191. The molecule has 0 saturated heterocycles. The number of nitrogens with one attached hydrogen (secondary N) is 2. The third kappa shape index (κ3) is 6.49. The smallest absolute Gasteiger partial charge is 0.266 e. The maximum absolute atomic E-state index is 14.2. The van der Waals surface area contributed by atoms with Gasteiger partial charge < -0.3 is 19.3 Å². The number of aliphatic imine (C=N–C) groups is 1. The summed E-state index contributed by atoms with van der Waals surface area (Å²) >= 11 is 3.66. The van der Waals surface area contributed by atoms with Gasteiger partial charge in [-0.15, -0.1) is 0 Å². The minimum absolute atomic E-state index is 0.0750. The molecule has 0 bridgehead atoms. The van der Waals surface area contributed by atoms with E-state index < -0.39 is 11.6 Å². The van der Waals surface area contributed by atoms with Gasteiger partial charge in [0, 0.05) is 36.0 Å². The van der Waals surface area contributed by atoms with Crippen LogP contribution in [0.5, 0.6) is 11.5 Å². The molecule has 9 heteroatoms. The molecule has 0 aromatic heterocycles. The Morgan fingerprint density at radius 2 is 1.90 bits per heavy atom. The third-order valence-electron chi connectivity index (χ3n) is 7.13. The van der Waals surface area contributed by atoms with Crippen molar-refractivity contribution in [1.82, 2.24) is 10.9 Å². The van der Waals surface area contributed by atoms with Gasteiger partial charge in [-0.3, -0.25) is 10.2 Å². The minimum Gasteiger partial charge on any atom is -0.497 e. The summed E-state index contributed by atoms with van der Waals surface area (Å²) in [5, 5.41) is 9.02. The molecule has 0 radical (unpaired) electrons. The number of hydrogen-bond donors (Lipinski definition) is 3. The van der Waals surface area contributed by atoms with Crippen LogP contribution in [0.1, 0.15) is 42.1 Å². The molecule has 1 aliphatic carbocycles. The largest absolute Gasteiger partial charge is 0.497 e. The second-order valence-corrected chi connectivity index (χ2v) is 11.0. The Morgan fingerprint density at radius 3 is 2.62 bits per heavy atom. The number of carbonyl (C=O) groups is 1. The topological polar surface area (TPSA) is 101 Å². The molecule has 0 unspecified atom stereocenters. The Bertz CT molecular complexity index is 1340. The molecule has 1 saturated carbocycles. The van der Waals surface area contributed by atoms with E-state index >= 15 is 0 Å². The lowest BCUT2D eigenvalue weighted by Gasteiger charge is -2.31. The number of rotatable bonds is 13. The number of benzene rings is 3. The molecular formula is C31H34BrN3O5. The Morgan fingerprint density at radius 1 is 1.10 bits per heavy atom. The van der Waals surface area contributed by atoms with Crippen molar-refractivity contribution in [2.75, 3.05) is 26.9 Å². The standard InChI is InChI=1S/C31H34BrN3O5/c1-38-26-8-4-7-23(18-26)28-31(19-24-6-2-3-9-27(24)32,30(37)35-33-20-21-10-11-21)34-29(40-28)22-12-14-25(15-13-22)39-17-5-16-36/h2-4,6-9,12-15,18,21,28,33,36H,5,10-11,16-17,19-20H2,1H3,(H,35,37)/t28-,31-/m0/s1. The Labute approximate surface area is 242 Å². The SMILES string of the molecule is COc1cccc([C@@H]2OC(c3ccc(OCCCO)cc3)=N[C@]2(Cc2ccccc2Br)C(=O)NNCC2CC2)c1. The van der Waals surface area contributed by atoms with Crippen LogP contribution in [0.15, 0.2) is 82.3 Å². The molecule has 8 nitrogen and oxygen atoms in total. The molecule has 3 aromatic rings. The molecule has 2 atom stereocenters. The predicted octanol–water partition coefficient (Wildman–Crippen LogP) is 4.75. The highest BCUT2D eigenvalue weighted by Gasteiger charge is 2.53. The van der Waals surface area contributed by atoms with Crippen molar-refractivity contribution < 1.29 is 24.1 Å². The summed E-state index contributed by atoms with van der Waals surface area (Å²) in [6, 6.07) is 22.8. The second kappa shape index (κ2) is 12.8. The van der Waals surface area contributed by atoms with Crippen LogP contribution in [-0.4, -0.2) is 49.3 Å². The number of carbonyl (C=O) groups excluding carboxylic acids is 1. The number of halogens is 1. The van der Waals surface area contributed by atoms with Crippen molar-refractivity contribution in [2.45, 2.75) is 37.3 Å². The number of aliphatic hydroxyl groups excluding tert-OH is 1. The molecule has 40 heavy (non-hydrogen) atoms. The van der Waals surface area contributed by atoms with E-state index in [1.54, 1.807) is 7.11 Å². The summed E-state index contributed by atoms with van der Waals surface area (Å²) in [7, 11) is 1.61. The van der Waals surface area contributed by atoms with Gasteiger partial charge in [-0.05, 0) is 72.4 Å². The first-order valence-corrected chi connectivity index (χ1v) is 14.3. The monoisotopic (exact) mass is 607 g/mol. The van der Waals surface area contributed by atoms with E-state index in [1.165, 1.54) is 12.8 Å². The second-order valence-electron chi connectivity index (χ2n) is 10.1. The van der Waals surface area contributed by atoms with Crippen molar-refractivity contribution in [1.29, 1.82) is 0 Å². The maximum Gasteiger partial charge on any atom is 0.266 e. The van der Waals surface area contributed by atoms with Gasteiger partial charge in [0.05, 0.1) is 13.7 Å². The molecular weight excluding hydrogens is 574 g/mol. The third-order valence-corrected chi connectivity index (χ3v) is 7.91. The van der Waals surface area contributed by atoms with Gasteiger partial charge in [0.25, 0.3) is 5.91 Å². The molecule has 0 spiro atoms. The normalized spacial score (nSPS) is 20.0. The number of methoxy groups -OCH3 is 1. The summed E-state index contributed by atoms with van der Waals surface area (Å²) < 4.78 is 18.7. The average molecular weight is 609 g/mol. The highest BCUT2D eigenvalue weighted by atomic mass is 79.9. The van der Waals surface area contributed by atoms with Gasteiger partial charge in [0.15, 0.2) is 11.6 Å².